The summed E-state index contributed by atoms with van der Waals surface area (Å²) < 4.78 is 7.74. The van der Waals surface area contributed by atoms with Gasteiger partial charge in [0.1, 0.15) is 17.8 Å². The van der Waals surface area contributed by atoms with Crippen LogP contribution in [-0.4, -0.2) is 15.5 Å². The average molecular weight is 452 g/mol. The molecule has 0 aliphatic carbocycles. The Hall–Kier alpha value is -4.23. The van der Waals surface area contributed by atoms with E-state index in [2.05, 4.69) is 10.3 Å². The summed E-state index contributed by atoms with van der Waals surface area (Å²) in [6.07, 6.45) is 0. The molecule has 3 aromatic heterocycles. The standard InChI is InChI=1S/C26H17N3O3S/c30-24(28-26-27-19(15-33-26)23-13-16-7-1-6-12-22(16)32-23)14-29-20-10-4-2-8-17(20)25(31)18-9-3-5-11-21(18)29/h1-13,15H,14H2,(H,27,28,30). The molecule has 6 rings (SSSR count). The summed E-state index contributed by atoms with van der Waals surface area (Å²) in [6, 6.07) is 24.4. The van der Waals surface area contributed by atoms with E-state index in [0.717, 1.165) is 22.0 Å². The van der Waals surface area contributed by atoms with Gasteiger partial charge in [-0.3, -0.25) is 9.59 Å². The van der Waals surface area contributed by atoms with Gasteiger partial charge in [-0.15, -0.1) is 11.3 Å². The second-order valence-corrected chi connectivity index (χ2v) is 8.54. The van der Waals surface area contributed by atoms with Crippen molar-refractivity contribution in [3.8, 4) is 11.5 Å². The van der Waals surface area contributed by atoms with Crippen LogP contribution in [0.15, 0.2) is 93.5 Å². The molecule has 3 heterocycles. The molecule has 1 amide bonds. The fraction of sp³-hybridized carbons (Fsp3) is 0.0385. The third-order valence-electron chi connectivity index (χ3n) is 5.61. The lowest BCUT2D eigenvalue weighted by Crippen LogP contribution is -2.21. The molecule has 33 heavy (non-hydrogen) atoms. The summed E-state index contributed by atoms with van der Waals surface area (Å²) in [5.41, 5.74) is 2.87. The molecule has 1 N–H and O–H groups in total. The van der Waals surface area contributed by atoms with Gasteiger partial charge in [-0.25, -0.2) is 4.98 Å². The molecule has 160 valence electrons. The van der Waals surface area contributed by atoms with Gasteiger partial charge >= 0.3 is 0 Å². The number of thiazole rings is 1. The van der Waals surface area contributed by atoms with E-state index in [4.69, 9.17) is 4.42 Å². The largest absolute Gasteiger partial charge is 0.454 e. The van der Waals surface area contributed by atoms with Crippen molar-refractivity contribution in [3.63, 3.8) is 0 Å². The van der Waals surface area contributed by atoms with Gasteiger partial charge in [0.05, 0.1) is 11.0 Å². The van der Waals surface area contributed by atoms with E-state index >= 15 is 0 Å². The van der Waals surface area contributed by atoms with Crippen molar-refractivity contribution in [2.45, 2.75) is 6.54 Å². The van der Waals surface area contributed by atoms with Gasteiger partial charge in [-0.1, -0.05) is 42.5 Å². The molecule has 0 saturated heterocycles. The van der Waals surface area contributed by atoms with Crippen LogP contribution < -0.4 is 10.7 Å². The van der Waals surface area contributed by atoms with Crippen molar-refractivity contribution >= 4 is 55.2 Å². The van der Waals surface area contributed by atoms with Crippen molar-refractivity contribution < 1.29 is 9.21 Å². The molecule has 0 aliphatic rings. The molecular weight excluding hydrogens is 434 g/mol. The molecule has 0 aliphatic heterocycles. The number of benzene rings is 3. The Balaban J connectivity index is 1.31. The molecular formula is C26H17N3O3S. The zero-order valence-electron chi connectivity index (χ0n) is 17.3. The molecule has 0 unspecified atom stereocenters. The number of hydrogen-bond acceptors (Lipinski definition) is 5. The number of carbonyl (C=O) groups excluding carboxylic acids is 1. The number of pyridine rings is 1. The van der Waals surface area contributed by atoms with E-state index in [1.165, 1.54) is 11.3 Å². The summed E-state index contributed by atoms with van der Waals surface area (Å²) in [5, 5.41) is 7.42. The number of rotatable bonds is 4. The number of hydrogen-bond donors (Lipinski definition) is 1. The summed E-state index contributed by atoms with van der Waals surface area (Å²) >= 11 is 1.34. The summed E-state index contributed by atoms with van der Waals surface area (Å²) in [7, 11) is 0. The van der Waals surface area contributed by atoms with Crippen LogP contribution >= 0.6 is 11.3 Å². The maximum absolute atomic E-state index is 13.0. The normalized spacial score (nSPS) is 11.4. The second kappa shape index (κ2) is 7.72. The molecule has 0 radical (unpaired) electrons. The van der Waals surface area contributed by atoms with Crippen LogP contribution in [0.25, 0.3) is 44.2 Å². The number of nitrogens with zero attached hydrogens (tertiary/aromatic N) is 2. The highest BCUT2D eigenvalue weighted by Gasteiger charge is 2.15. The Bertz CT molecular complexity index is 1630. The minimum atomic E-state index is -0.223. The average Bonchev–Trinajstić information content (AvgIpc) is 3.48. The van der Waals surface area contributed by atoms with Crippen LogP contribution in [0.4, 0.5) is 5.13 Å². The van der Waals surface area contributed by atoms with Gasteiger partial charge in [0.25, 0.3) is 0 Å². The Morgan fingerprint density at radius 3 is 2.33 bits per heavy atom. The first kappa shape index (κ1) is 19.5. The van der Waals surface area contributed by atoms with Gasteiger partial charge in [0, 0.05) is 21.5 Å². The summed E-state index contributed by atoms with van der Waals surface area (Å²) in [5.74, 6) is 0.435. The van der Waals surface area contributed by atoms with Crippen molar-refractivity contribution in [3.05, 3.63) is 94.5 Å². The van der Waals surface area contributed by atoms with Crippen LogP contribution in [0.3, 0.4) is 0 Å². The van der Waals surface area contributed by atoms with Gasteiger partial charge in [0.15, 0.2) is 16.3 Å². The molecule has 7 heteroatoms. The highest BCUT2D eigenvalue weighted by Crippen LogP contribution is 2.30. The van der Waals surface area contributed by atoms with Gasteiger partial charge in [-0.05, 0) is 36.4 Å². The van der Waals surface area contributed by atoms with Crippen molar-refractivity contribution in [1.29, 1.82) is 0 Å². The number of amides is 1. The maximum Gasteiger partial charge on any atom is 0.246 e. The molecule has 0 saturated carbocycles. The lowest BCUT2D eigenvalue weighted by Gasteiger charge is -2.14. The van der Waals surface area contributed by atoms with Gasteiger partial charge in [-0.2, -0.15) is 0 Å². The number of nitrogens with one attached hydrogen (secondary N) is 1. The van der Waals surface area contributed by atoms with E-state index < -0.39 is 0 Å². The van der Waals surface area contributed by atoms with Crippen LogP contribution in [0.1, 0.15) is 0 Å². The van der Waals surface area contributed by atoms with Crippen LogP contribution in [0.2, 0.25) is 0 Å². The number of aromatic nitrogens is 2. The Morgan fingerprint density at radius 2 is 1.61 bits per heavy atom. The van der Waals surface area contributed by atoms with E-state index in [9.17, 15) is 9.59 Å². The number of carbonyl (C=O) groups is 1. The lowest BCUT2D eigenvalue weighted by atomic mass is 10.1. The van der Waals surface area contributed by atoms with Crippen LogP contribution in [0, 0.1) is 0 Å². The van der Waals surface area contributed by atoms with Gasteiger partial charge < -0.3 is 14.3 Å². The minimum absolute atomic E-state index is 0.0340. The zero-order valence-corrected chi connectivity index (χ0v) is 18.1. The maximum atomic E-state index is 13.0. The Labute approximate surface area is 191 Å². The number of anilines is 1. The Morgan fingerprint density at radius 1 is 0.939 bits per heavy atom. The number of para-hydroxylation sites is 3. The predicted molar refractivity (Wildman–Crippen MR) is 132 cm³/mol. The van der Waals surface area contributed by atoms with E-state index in [0.29, 0.717) is 27.4 Å². The fourth-order valence-corrected chi connectivity index (χ4v) is 4.82. The topological polar surface area (TPSA) is 77.1 Å². The molecule has 0 bridgehead atoms. The van der Waals surface area contributed by atoms with Gasteiger partial charge in [0.2, 0.25) is 5.91 Å². The first-order chi connectivity index (χ1) is 16.2. The first-order valence-electron chi connectivity index (χ1n) is 10.4. The first-order valence-corrected chi connectivity index (χ1v) is 11.3. The quantitative estimate of drug-likeness (QED) is 0.351. The van der Waals surface area contributed by atoms with E-state index in [-0.39, 0.29) is 17.9 Å². The smallest absolute Gasteiger partial charge is 0.246 e. The monoisotopic (exact) mass is 451 g/mol. The van der Waals surface area contributed by atoms with Crippen molar-refractivity contribution in [2.24, 2.45) is 0 Å². The van der Waals surface area contributed by atoms with E-state index in [1.807, 2.05) is 76.7 Å². The fourth-order valence-electron chi connectivity index (χ4n) is 4.10. The molecule has 0 spiro atoms. The van der Waals surface area contributed by atoms with Crippen molar-refractivity contribution in [1.82, 2.24) is 9.55 Å². The van der Waals surface area contributed by atoms with Crippen molar-refractivity contribution in [2.75, 3.05) is 5.32 Å². The molecule has 0 atom stereocenters. The number of furan rings is 1. The highest BCUT2D eigenvalue weighted by molar-refractivity contribution is 7.14. The highest BCUT2D eigenvalue weighted by atomic mass is 32.1. The van der Waals surface area contributed by atoms with Crippen LogP contribution in [-0.2, 0) is 11.3 Å². The molecule has 6 aromatic rings. The SMILES string of the molecule is O=C(Cn1c2ccccc2c(=O)c2ccccc21)Nc1nc(-c2cc3ccccc3o2)cs1. The third kappa shape index (κ3) is 3.39. The molecule has 0 fully saturated rings. The van der Waals surface area contributed by atoms with Crippen LogP contribution in [0.5, 0.6) is 0 Å². The molecule has 6 nitrogen and oxygen atoms in total. The third-order valence-corrected chi connectivity index (χ3v) is 6.37. The zero-order chi connectivity index (χ0) is 22.4. The second-order valence-electron chi connectivity index (χ2n) is 7.68. The van der Waals surface area contributed by atoms with E-state index in [1.54, 1.807) is 12.1 Å². The minimum Gasteiger partial charge on any atom is -0.454 e. The summed E-state index contributed by atoms with van der Waals surface area (Å²) in [6.45, 7) is 0.0564. The summed E-state index contributed by atoms with van der Waals surface area (Å²) in [4.78, 5) is 30.4. The molecule has 3 aromatic carbocycles. The predicted octanol–water partition coefficient (Wildman–Crippen LogP) is 5.66. The number of fused-ring (bicyclic) bond motifs is 3. The Kier molecular flexibility index (Phi) is 4.55. The lowest BCUT2D eigenvalue weighted by molar-refractivity contribution is -0.116.